The van der Waals surface area contributed by atoms with E-state index in [2.05, 4.69) is 36.1 Å². The molecule has 1 aromatic carbocycles. The Kier molecular flexibility index (Phi) is 2.47. The number of nitrogens with two attached hydrogens (primary N) is 1. The molecule has 1 saturated carbocycles. The topological polar surface area (TPSA) is 55.3 Å². The Balaban J connectivity index is 2.06. The fraction of sp³-hybridized carbons (Fsp3) is 0.500. The van der Waals surface area contributed by atoms with Crippen molar-refractivity contribution in [3.05, 3.63) is 29.7 Å². The van der Waals surface area contributed by atoms with Crippen LogP contribution in [0.4, 0.5) is 0 Å². The maximum Gasteiger partial charge on any atom is 0.192 e. The Labute approximate surface area is 107 Å². The van der Waals surface area contributed by atoms with Crippen molar-refractivity contribution < 1.29 is 4.42 Å². The van der Waals surface area contributed by atoms with E-state index < -0.39 is 0 Å². The third-order valence-electron chi connectivity index (χ3n) is 3.72. The van der Waals surface area contributed by atoms with Crippen molar-refractivity contribution >= 4 is 11.1 Å². The molecule has 1 aliphatic carbocycles. The van der Waals surface area contributed by atoms with Crippen LogP contribution in [0, 0.1) is 6.92 Å². The van der Waals surface area contributed by atoms with E-state index in [-0.39, 0.29) is 11.6 Å². The summed E-state index contributed by atoms with van der Waals surface area (Å²) < 4.78 is 5.60. The number of hydrogen-bond donors (Lipinski definition) is 1. The van der Waals surface area contributed by atoms with Gasteiger partial charge in [-0.05, 0) is 44.6 Å². The van der Waals surface area contributed by atoms with E-state index in [0.29, 0.717) is 5.89 Å². The van der Waals surface area contributed by atoms with Crippen molar-refractivity contribution in [2.24, 2.45) is 5.73 Å². The van der Waals surface area contributed by atoms with Crippen LogP contribution in [-0.4, -0.2) is 29.5 Å². The maximum atomic E-state index is 6.39. The molecule has 2 N–H and O–H groups in total. The number of oxazole rings is 1. The number of aryl methyl sites for hydroxylation is 1. The highest BCUT2D eigenvalue weighted by Crippen LogP contribution is 2.46. The van der Waals surface area contributed by atoms with Gasteiger partial charge in [0, 0.05) is 12.5 Å². The largest absolute Gasteiger partial charge is 0.441 e. The Morgan fingerprint density at radius 3 is 2.72 bits per heavy atom. The molecule has 4 nitrogen and oxygen atoms in total. The van der Waals surface area contributed by atoms with E-state index in [9.17, 15) is 0 Å². The first-order valence-electron chi connectivity index (χ1n) is 6.32. The Morgan fingerprint density at radius 1 is 1.39 bits per heavy atom. The van der Waals surface area contributed by atoms with Crippen molar-refractivity contribution in [2.75, 3.05) is 14.1 Å². The van der Waals surface area contributed by atoms with Crippen LogP contribution in [0.5, 0.6) is 0 Å². The number of benzene rings is 1. The minimum absolute atomic E-state index is 0.0771. The second kappa shape index (κ2) is 3.80. The van der Waals surface area contributed by atoms with Gasteiger partial charge in [0.1, 0.15) is 5.52 Å². The molecule has 2 aromatic rings. The highest BCUT2D eigenvalue weighted by molar-refractivity contribution is 5.73. The van der Waals surface area contributed by atoms with E-state index in [0.717, 1.165) is 23.9 Å². The number of rotatable bonds is 3. The molecule has 3 rings (SSSR count). The molecule has 1 heterocycles. The smallest absolute Gasteiger partial charge is 0.192 e. The van der Waals surface area contributed by atoms with Gasteiger partial charge in [0.15, 0.2) is 11.5 Å². The van der Waals surface area contributed by atoms with Gasteiger partial charge in [-0.3, -0.25) is 0 Å². The average molecular weight is 245 g/mol. The van der Waals surface area contributed by atoms with Crippen LogP contribution in [0.1, 0.15) is 30.3 Å². The van der Waals surface area contributed by atoms with Crippen molar-refractivity contribution in [1.29, 1.82) is 0 Å². The SMILES string of the molecule is Cc1nc2ccc(C(N(C)C)C3(N)CC3)cc2o1. The normalized spacial score (nSPS) is 19.4. The lowest BCUT2D eigenvalue weighted by Crippen LogP contribution is -2.39. The minimum atomic E-state index is -0.0771. The van der Waals surface area contributed by atoms with Crippen LogP contribution >= 0.6 is 0 Å². The molecular formula is C14H19N3O. The van der Waals surface area contributed by atoms with Gasteiger partial charge in [-0.15, -0.1) is 0 Å². The minimum Gasteiger partial charge on any atom is -0.441 e. The van der Waals surface area contributed by atoms with E-state index in [4.69, 9.17) is 10.2 Å². The fourth-order valence-electron chi connectivity index (χ4n) is 2.79. The summed E-state index contributed by atoms with van der Waals surface area (Å²) in [5.74, 6) is 0.706. The first-order valence-corrected chi connectivity index (χ1v) is 6.32. The van der Waals surface area contributed by atoms with Gasteiger partial charge in [-0.25, -0.2) is 4.98 Å². The Morgan fingerprint density at radius 2 is 2.11 bits per heavy atom. The number of fused-ring (bicyclic) bond motifs is 1. The van der Waals surface area contributed by atoms with Crippen LogP contribution in [0.2, 0.25) is 0 Å². The van der Waals surface area contributed by atoms with Crippen LogP contribution in [0.25, 0.3) is 11.1 Å². The van der Waals surface area contributed by atoms with Gasteiger partial charge in [0.05, 0.1) is 6.04 Å². The first-order chi connectivity index (χ1) is 8.49. The summed E-state index contributed by atoms with van der Waals surface area (Å²) >= 11 is 0. The van der Waals surface area contributed by atoms with Gasteiger partial charge in [-0.1, -0.05) is 6.07 Å². The molecule has 1 unspecified atom stereocenters. The van der Waals surface area contributed by atoms with Gasteiger partial charge < -0.3 is 15.1 Å². The zero-order valence-corrected chi connectivity index (χ0v) is 11.1. The molecule has 4 heteroatoms. The lowest BCUT2D eigenvalue weighted by molar-refractivity contribution is 0.246. The van der Waals surface area contributed by atoms with E-state index in [1.54, 1.807) is 0 Å². The molecule has 0 bridgehead atoms. The number of likely N-dealkylation sites (N-methyl/N-ethyl adjacent to an activating group) is 1. The third kappa shape index (κ3) is 1.82. The van der Waals surface area contributed by atoms with Crippen LogP contribution in [-0.2, 0) is 0 Å². The first kappa shape index (κ1) is 11.7. The third-order valence-corrected chi connectivity index (χ3v) is 3.72. The summed E-state index contributed by atoms with van der Waals surface area (Å²) in [6.07, 6.45) is 2.17. The molecule has 18 heavy (non-hydrogen) atoms. The average Bonchev–Trinajstić information content (AvgIpc) is 2.89. The summed E-state index contributed by atoms with van der Waals surface area (Å²) in [6, 6.07) is 6.45. The predicted octanol–water partition coefficient (Wildman–Crippen LogP) is 2.23. The lowest BCUT2D eigenvalue weighted by atomic mass is 9.96. The number of nitrogens with zero attached hydrogens (tertiary/aromatic N) is 2. The zero-order chi connectivity index (χ0) is 12.9. The molecule has 0 spiro atoms. The zero-order valence-electron chi connectivity index (χ0n) is 11.1. The van der Waals surface area contributed by atoms with Gasteiger partial charge in [0.25, 0.3) is 0 Å². The maximum absolute atomic E-state index is 6.39. The van der Waals surface area contributed by atoms with Crippen molar-refractivity contribution in [3.63, 3.8) is 0 Å². The van der Waals surface area contributed by atoms with Crippen LogP contribution < -0.4 is 5.73 Å². The van der Waals surface area contributed by atoms with Gasteiger partial charge in [-0.2, -0.15) is 0 Å². The molecule has 1 fully saturated rings. The van der Waals surface area contributed by atoms with Gasteiger partial charge >= 0.3 is 0 Å². The van der Waals surface area contributed by atoms with Crippen molar-refractivity contribution in [2.45, 2.75) is 31.3 Å². The Hall–Kier alpha value is -1.39. The lowest BCUT2D eigenvalue weighted by Gasteiger charge is -2.30. The van der Waals surface area contributed by atoms with E-state index >= 15 is 0 Å². The predicted molar refractivity (Wildman–Crippen MR) is 71.3 cm³/mol. The van der Waals surface area contributed by atoms with Crippen LogP contribution in [0.15, 0.2) is 22.6 Å². The highest BCUT2D eigenvalue weighted by Gasteiger charge is 2.47. The molecular weight excluding hydrogens is 226 g/mol. The highest BCUT2D eigenvalue weighted by atomic mass is 16.3. The van der Waals surface area contributed by atoms with Gasteiger partial charge in [0.2, 0.25) is 0 Å². The quantitative estimate of drug-likeness (QED) is 0.901. The summed E-state index contributed by atoms with van der Waals surface area (Å²) in [6.45, 7) is 1.87. The molecule has 96 valence electrons. The molecule has 0 aliphatic heterocycles. The molecule has 0 amide bonds. The molecule has 0 radical (unpaired) electrons. The molecule has 1 atom stereocenters. The van der Waals surface area contributed by atoms with Crippen molar-refractivity contribution in [3.8, 4) is 0 Å². The summed E-state index contributed by atoms with van der Waals surface area (Å²) in [7, 11) is 4.15. The summed E-state index contributed by atoms with van der Waals surface area (Å²) in [5, 5.41) is 0. The van der Waals surface area contributed by atoms with Crippen LogP contribution in [0.3, 0.4) is 0 Å². The fourth-order valence-corrected chi connectivity index (χ4v) is 2.79. The number of hydrogen-bond acceptors (Lipinski definition) is 4. The summed E-state index contributed by atoms with van der Waals surface area (Å²) in [5.41, 5.74) is 9.28. The summed E-state index contributed by atoms with van der Waals surface area (Å²) in [4.78, 5) is 6.52. The second-order valence-corrected chi connectivity index (χ2v) is 5.56. The second-order valence-electron chi connectivity index (χ2n) is 5.56. The standard InChI is InChI=1S/C14H19N3O/c1-9-16-11-5-4-10(8-12(11)18-9)13(17(2)3)14(15)6-7-14/h4-5,8,13H,6-7,15H2,1-3H3. The number of aromatic nitrogens is 1. The molecule has 1 aliphatic rings. The molecule has 1 aromatic heterocycles. The Bertz CT molecular complexity index is 584. The van der Waals surface area contributed by atoms with Crippen molar-refractivity contribution in [1.82, 2.24) is 9.88 Å². The van der Waals surface area contributed by atoms with E-state index in [1.165, 1.54) is 5.56 Å². The monoisotopic (exact) mass is 245 g/mol. The van der Waals surface area contributed by atoms with E-state index in [1.807, 2.05) is 13.0 Å². The molecule has 0 saturated heterocycles.